The monoisotopic (exact) mass is 234 g/mol. The van der Waals surface area contributed by atoms with Gasteiger partial charge in [0.05, 0.1) is 19.8 Å². The van der Waals surface area contributed by atoms with Crippen LogP contribution in [0.2, 0.25) is 0 Å². The molecule has 1 aromatic rings. The molecule has 17 heavy (non-hydrogen) atoms. The fourth-order valence-electron chi connectivity index (χ4n) is 2.52. The van der Waals surface area contributed by atoms with Gasteiger partial charge in [-0.2, -0.15) is 0 Å². The SMILES string of the molecule is CCCC1CCC(c2ccc(OC)cc2)OC1. The Morgan fingerprint density at radius 2 is 2.00 bits per heavy atom. The third-order valence-electron chi connectivity index (χ3n) is 3.55. The molecule has 94 valence electrons. The Morgan fingerprint density at radius 1 is 1.24 bits per heavy atom. The third kappa shape index (κ3) is 3.22. The number of ether oxygens (including phenoxy) is 2. The highest BCUT2D eigenvalue weighted by Gasteiger charge is 2.22. The van der Waals surface area contributed by atoms with Crippen molar-refractivity contribution < 1.29 is 9.47 Å². The molecule has 1 saturated heterocycles. The molecule has 2 nitrogen and oxygen atoms in total. The Balaban J connectivity index is 1.91. The second-order valence-electron chi connectivity index (χ2n) is 4.83. The Morgan fingerprint density at radius 3 is 2.53 bits per heavy atom. The summed E-state index contributed by atoms with van der Waals surface area (Å²) in [5, 5.41) is 0. The molecule has 1 aliphatic heterocycles. The van der Waals surface area contributed by atoms with Crippen molar-refractivity contribution in [2.45, 2.75) is 38.7 Å². The number of methoxy groups -OCH3 is 1. The highest BCUT2D eigenvalue weighted by atomic mass is 16.5. The van der Waals surface area contributed by atoms with Gasteiger partial charge in [-0.05, 0) is 42.9 Å². The van der Waals surface area contributed by atoms with E-state index in [9.17, 15) is 0 Å². The molecule has 0 N–H and O–H groups in total. The maximum Gasteiger partial charge on any atom is 0.118 e. The van der Waals surface area contributed by atoms with Gasteiger partial charge in [0.25, 0.3) is 0 Å². The van der Waals surface area contributed by atoms with Crippen LogP contribution in [0, 0.1) is 5.92 Å². The molecule has 0 aliphatic carbocycles. The predicted octanol–water partition coefficient (Wildman–Crippen LogP) is 3.96. The topological polar surface area (TPSA) is 18.5 Å². The van der Waals surface area contributed by atoms with E-state index in [1.807, 2.05) is 12.1 Å². The van der Waals surface area contributed by atoms with Crippen LogP contribution in [0.1, 0.15) is 44.3 Å². The van der Waals surface area contributed by atoms with Gasteiger partial charge in [0.2, 0.25) is 0 Å². The summed E-state index contributed by atoms with van der Waals surface area (Å²) in [6, 6.07) is 8.25. The first-order chi connectivity index (χ1) is 8.33. The van der Waals surface area contributed by atoms with Crippen LogP contribution in [0.4, 0.5) is 0 Å². The summed E-state index contributed by atoms with van der Waals surface area (Å²) < 4.78 is 11.1. The molecule has 0 radical (unpaired) electrons. The summed E-state index contributed by atoms with van der Waals surface area (Å²) in [4.78, 5) is 0. The number of rotatable bonds is 4. The first kappa shape index (κ1) is 12.4. The van der Waals surface area contributed by atoms with Gasteiger partial charge in [0, 0.05) is 0 Å². The van der Waals surface area contributed by atoms with Crippen LogP contribution in [0.3, 0.4) is 0 Å². The highest BCUT2D eigenvalue weighted by molar-refractivity contribution is 5.28. The van der Waals surface area contributed by atoms with Gasteiger partial charge < -0.3 is 9.47 Å². The first-order valence-electron chi connectivity index (χ1n) is 6.59. The molecule has 1 heterocycles. The summed E-state index contributed by atoms with van der Waals surface area (Å²) >= 11 is 0. The van der Waals surface area contributed by atoms with E-state index in [0.717, 1.165) is 24.7 Å². The molecule has 0 saturated carbocycles. The first-order valence-corrected chi connectivity index (χ1v) is 6.59. The molecule has 2 atom stereocenters. The van der Waals surface area contributed by atoms with Crippen molar-refractivity contribution >= 4 is 0 Å². The number of hydrogen-bond donors (Lipinski definition) is 0. The second kappa shape index (κ2) is 6.06. The van der Waals surface area contributed by atoms with Gasteiger partial charge in [-0.3, -0.25) is 0 Å². The van der Waals surface area contributed by atoms with Crippen LogP contribution >= 0.6 is 0 Å². The van der Waals surface area contributed by atoms with Crippen LogP contribution in [0.25, 0.3) is 0 Å². The van der Waals surface area contributed by atoms with Crippen molar-refractivity contribution in [3.8, 4) is 5.75 Å². The van der Waals surface area contributed by atoms with Crippen LogP contribution in [-0.4, -0.2) is 13.7 Å². The molecule has 2 heteroatoms. The minimum Gasteiger partial charge on any atom is -0.497 e. The van der Waals surface area contributed by atoms with E-state index in [4.69, 9.17) is 9.47 Å². The molecule has 1 aromatic carbocycles. The van der Waals surface area contributed by atoms with E-state index in [-0.39, 0.29) is 6.10 Å². The van der Waals surface area contributed by atoms with Crippen molar-refractivity contribution in [3.63, 3.8) is 0 Å². The van der Waals surface area contributed by atoms with Crippen molar-refractivity contribution in [2.75, 3.05) is 13.7 Å². The van der Waals surface area contributed by atoms with E-state index in [0.29, 0.717) is 0 Å². The van der Waals surface area contributed by atoms with E-state index >= 15 is 0 Å². The Bertz CT molecular complexity index is 323. The lowest BCUT2D eigenvalue weighted by molar-refractivity contribution is -0.0194. The van der Waals surface area contributed by atoms with E-state index in [1.165, 1.54) is 24.8 Å². The predicted molar refractivity (Wildman–Crippen MR) is 69.3 cm³/mol. The van der Waals surface area contributed by atoms with E-state index in [1.54, 1.807) is 7.11 Å². The molecule has 1 fully saturated rings. The van der Waals surface area contributed by atoms with Crippen molar-refractivity contribution in [1.82, 2.24) is 0 Å². The fraction of sp³-hybridized carbons (Fsp3) is 0.600. The quantitative estimate of drug-likeness (QED) is 0.785. The molecular weight excluding hydrogens is 212 g/mol. The zero-order valence-corrected chi connectivity index (χ0v) is 10.8. The normalized spacial score (nSPS) is 24.6. The molecule has 0 aromatic heterocycles. The number of hydrogen-bond acceptors (Lipinski definition) is 2. The van der Waals surface area contributed by atoms with Crippen LogP contribution in [-0.2, 0) is 4.74 Å². The molecular formula is C15H22O2. The zero-order valence-electron chi connectivity index (χ0n) is 10.8. The third-order valence-corrected chi connectivity index (χ3v) is 3.55. The standard InChI is InChI=1S/C15H22O2/c1-3-4-12-5-10-15(17-11-12)13-6-8-14(16-2)9-7-13/h6-9,12,15H,3-5,10-11H2,1-2H3. The van der Waals surface area contributed by atoms with E-state index < -0.39 is 0 Å². The van der Waals surface area contributed by atoms with E-state index in [2.05, 4.69) is 19.1 Å². The fourth-order valence-corrected chi connectivity index (χ4v) is 2.52. The average Bonchev–Trinajstić information content (AvgIpc) is 2.40. The lowest BCUT2D eigenvalue weighted by Gasteiger charge is -2.29. The Kier molecular flexibility index (Phi) is 4.43. The van der Waals surface area contributed by atoms with Gasteiger partial charge in [0.15, 0.2) is 0 Å². The summed E-state index contributed by atoms with van der Waals surface area (Å²) in [7, 11) is 1.70. The van der Waals surface area contributed by atoms with Gasteiger partial charge in [0.1, 0.15) is 5.75 Å². The largest absolute Gasteiger partial charge is 0.497 e. The van der Waals surface area contributed by atoms with Crippen LogP contribution in [0.5, 0.6) is 5.75 Å². The Labute approximate surface area is 104 Å². The number of benzene rings is 1. The summed E-state index contributed by atoms with van der Waals surface area (Å²) in [6.07, 6.45) is 5.30. The Hall–Kier alpha value is -1.02. The molecule has 0 bridgehead atoms. The van der Waals surface area contributed by atoms with Gasteiger partial charge >= 0.3 is 0 Å². The molecule has 0 spiro atoms. The summed E-state index contributed by atoms with van der Waals surface area (Å²) in [6.45, 7) is 3.17. The average molecular weight is 234 g/mol. The minimum atomic E-state index is 0.286. The molecule has 1 aliphatic rings. The molecule has 0 amide bonds. The van der Waals surface area contributed by atoms with Gasteiger partial charge in [-0.25, -0.2) is 0 Å². The summed E-state index contributed by atoms with van der Waals surface area (Å²) in [5.41, 5.74) is 1.28. The van der Waals surface area contributed by atoms with Gasteiger partial charge in [-0.15, -0.1) is 0 Å². The minimum absolute atomic E-state index is 0.286. The van der Waals surface area contributed by atoms with Crippen LogP contribution < -0.4 is 4.74 Å². The molecule has 2 unspecified atom stereocenters. The lowest BCUT2D eigenvalue weighted by atomic mass is 9.92. The lowest BCUT2D eigenvalue weighted by Crippen LogP contribution is -2.20. The maximum atomic E-state index is 5.96. The summed E-state index contributed by atoms with van der Waals surface area (Å²) in [5.74, 6) is 1.68. The second-order valence-corrected chi connectivity index (χ2v) is 4.83. The smallest absolute Gasteiger partial charge is 0.118 e. The van der Waals surface area contributed by atoms with Gasteiger partial charge in [-0.1, -0.05) is 25.5 Å². The zero-order chi connectivity index (χ0) is 12.1. The van der Waals surface area contributed by atoms with Crippen molar-refractivity contribution in [1.29, 1.82) is 0 Å². The van der Waals surface area contributed by atoms with Crippen molar-refractivity contribution in [2.24, 2.45) is 5.92 Å². The molecule has 2 rings (SSSR count). The highest BCUT2D eigenvalue weighted by Crippen LogP contribution is 2.32. The maximum absolute atomic E-state index is 5.96. The van der Waals surface area contributed by atoms with Crippen LogP contribution in [0.15, 0.2) is 24.3 Å². The van der Waals surface area contributed by atoms with Crippen molar-refractivity contribution in [3.05, 3.63) is 29.8 Å².